The van der Waals surface area contributed by atoms with Crippen LogP contribution in [0.15, 0.2) is 54.6 Å². The normalized spacial score (nSPS) is 11.9. The zero-order valence-corrected chi connectivity index (χ0v) is 13.7. The fraction of sp³-hybridized carbons (Fsp3) is 0.400. The van der Waals surface area contributed by atoms with Gasteiger partial charge in [0.1, 0.15) is 0 Å². The predicted molar refractivity (Wildman–Crippen MR) is 92.2 cm³/mol. The van der Waals surface area contributed by atoms with Crippen molar-refractivity contribution in [1.29, 1.82) is 0 Å². The first-order chi connectivity index (χ1) is 9.99. The van der Waals surface area contributed by atoms with E-state index in [2.05, 4.69) is 87.6 Å². The fourth-order valence-corrected chi connectivity index (χ4v) is 2.18. The predicted octanol–water partition coefficient (Wildman–Crippen LogP) is 5.13. The Hall–Kier alpha value is -1.60. The molecule has 0 fully saturated rings. The molecule has 0 aliphatic carbocycles. The average molecular weight is 281 g/mol. The summed E-state index contributed by atoms with van der Waals surface area (Å²) < 4.78 is 0. The topological polar surface area (TPSA) is 12.0 Å². The zero-order valence-electron chi connectivity index (χ0n) is 13.7. The van der Waals surface area contributed by atoms with Gasteiger partial charge in [0.05, 0.1) is 0 Å². The minimum absolute atomic E-state index is 0.337. The second-order valence-electron chi connectivity index (χ2n) is 6.81. The van der Waals surface area contributed by atoms with Crippen LogP contribution in [-0.2, 0) is 6.54 Å². The first-order valence-corrected chi connectivity index (χ1v) is 7.84. The minimum Gasteiger partial charge on any atom is -0.312 e. The van der Waals surface area contributed by atoms with E-state index in [1.807, 2.05) is 0 Å². The van der Waals surface area contributed by atoms with Crippen LogP contribution in [-0.4, -0.2) is 6.54 Å². The van der Waals surface area contributed by atoms with E-state index < -0.39 is 0 Å². The second-order valence-corrected chi connectivity index (χ2v) is 6.81. The molecular weight excluding hydrogens is 254 g/mol. The first kappa shape index (κ1) is 15.8. The van der Waals surface area contributed by atoms with Crippen molar-refractivity contribution < 1.29 is 0 Å². The van der Waals surface area contributed by atoms with Crippen LogP contribution < -0.4 is 5.32 Å². The van der Waals surface area contributed by atoms with Gasteiger partial charge in [-0.25, -0.2) is 0 Å². The van der Waals surface area contributed by atoms with E-state index in [9.17, 15) is 0 Å². The summed E-state index contributed by atoms with van der Waals surface area (Å²) in [6.07, 6.45) is 0. The molecule has 2 rings (SSSR count). The molecule has 1 heteroatoms. The molecule has 2 aromatic carbocycles. The van der Waals surface area contributed by atoms with Crippen molar-refractivity contribution in [2.45, 2.75) is 34.2 Å². The van der Waals surface area contributed by atoms with E-state index in [0.29, 0.717) is 11.3 Å². The molecule has 0 saturated heterocycles. The molecule has 0 bridgehead atoms. The van der Waals surface area contributed by atoms with Crippen molar-refractivity contribution in [1.82, 2.24) is 5.32 Å². The Morgan fingerprint density at radius 2 is 1.43 bits per heavy atom. The molecule has 21 heavy (non-hydrogen) atoms. The summed E-state index contributed by atoms with van der Waals surface area (Å²) in [6.45, 7) is 11.2. The molecule has 112 valence electrons. The van der Waals surface area contributed by atoms with Crippen LogP contribution in [0.5, 0.6) is 0 Å². The van der Waals surface area contributed by atoms with Crippen LogP contribution in [0, 0.1) is 11.3 Å². The van der Waals surface area contributed by atoms with Crippen molar-refractivity contribution in [3.63, 3.8) is 0 Å². The lowest BCUT2D eigenvalue weighted by molar-refractivity contribution is 0.238. The van der Waals surface area contributed by atoms with Gasteiger partial charge < -0.3 is 5.32 Å². The van der Waals surface area contributed by atoms with Gasteiger partial charge in [-0.2, -0.15) is 0 Å². The molecular formula is C20H27N. The highest BCUT2D eigenvalue weighted by Crippen LogP contribution is 2.25. The van der Waals surface area contributed by atoms with Gasteiger partial charge in [-0.1, -0.05) is 82.3 Å². The number of rotatable bonds is 6. The summed E-state index contributed by atoms with van der Waals surface area (Å²) in [5.74, 6) is 0.686. The monoisotopic (exact) mass is 281 g/mol. The van der Waals surface area contributed by atoms with Crippen molar-refractivity contribution in [2.75, 3.05) is 6.54 Å². The van der Waals surface area contributed by atoms with E-state index >= 15 is 0 Å². The van der Waals surface area contributed by atoms with Gasteiger partial charge in [0.25, 0.3) is 0 Å². The van der Waals surface area contributed by atoms with E-state index in [4.69, 9.17) is 0 Å². The average Bonchev–Trinajstić information content (AvgIpc) is 2.48. The zero-order chi connectivity index (χ0) is 15.3. The fourth-order valence-electron chi connectivity index (χ4n) is 2.18. The summed E-state index contributed by atoms with van der Waals surface area (Å²) in [5.41, 5.74) is 4.23. The van der Waals surface area contributed by atoms with Crippen molar-refractivity contribution in [3.05, 3.63) is 60.2 Å². The Morgan fingerprint density at radius 3 is 2.00 bits per heavy atom. The Kier molecular flexibility index (Phi) is 5.19. The largest absolute Gasteiger partial charge is 0.312 e. The highest BCUT2D eigenvalue weighted by molar-refractivity contribution is 5.63. The van der Waals surface area contributed by atoms with Gasteiger partial charge in [0.15, 0.2) is 0 Å². The lowest BCUT2D eigenvalue weighted by atomic mass is 9.81. The van der Waals surface area contributed by atoms with Crippen LogP contribution in [0.4, 0.5) is 0 Å². The molecule has 0 spiro atoms. The van der Waals surface area contributed by atoms with Gasteiger partial charge in [-0.3, -0.25) is 0 Å². The van der Waals surface area contributed by atoms with Gasteiger partial charge in [0.2, 0.25) is 0 Å². The van der Waals surface area contributed by atoms with Crippen molar-refractivity contribution in [3.8, 4) is 11.1 Å². The Labute approximate surface area is 129 Å². The molecule has 0 unspecified atom stereocenters. The van der Waals surface area contributed by atoms with Gasteiger partial charge in [-0.15, -0.1) is 0 Å². The molecule has 0 saturated carbocycles. The van der Waals surface area contributed by atoms with Crippen LogP contribution >= 0.6 is 0 Å². The third-order valence-electron chi connectivity index (χ3n) is 4.53. The van der Waals surface area contributed by atoms with E-state index in [-0.39, 0.29) is 0 Å². The first-order valence-electron chi connectivity index (χ1n) is 7.84. The van der Waals surface area contributed by atoms with Gasteiger partial charge in [0, 0.05) is 13.1 Å². The summed E-state index contributed by atoms with van der Waals surface area (Å²) in [4.78, 5) is 0. The maximum absolute atomic E-state index is 3.58. The molecule has 0 aliphatic heterocycles. The maximum Gasteiger partial charge on any atom is 0.0205 e. The Bertz CT molecular complexity index is 538. The Morgan fingerprint density at radius 1 is 0.857 bits per heavy atom. The lowest BCUT2D eigenvalue weighted by Gasteiger charge is -2.29. The molecule has 0 heterocycles. The van der Waals surface area contributed by atoms with E-state index in [1.165, 1.54) is 16.7 Å². The molecule has 1 nitrogen and oxygen atoms in total. The summed E-state index contributed by atoms with van der Waals surface area (Å²) >= 11 is 0. The minimum atomic E-state index is 0.337. The Balaban J connectivity index is 1.92. The third kappa shape index (κ3) is 4.44. The molecule has 1 N–H and O–H groups in total. The number of hydrogen-bond acceptors (Lipinski definition) is 1. The van der Waals surface area contributed by atoms with Gasteiger partial charge >= 0.3 is 0 Å². The lowest BCUT2D eigenvalue weighted by Crippen LogP contribution is -2.33. The highest BCUT2D eigenvalue weighted by Gasteiger charge is 2.21. The summed E-state index contributed by atoms with van der Waals surface area (Å²) in [7, 11) is 0. The quantitative estimate of drug-likeness (QED) is 0.774. The SMILES string of the molecule is CC(C)C(C)(C)CNCc1ccc(-c2ccccc2)cc1. The molecule has 0 atom stereocenters. The van der Waals surface area contributed by atoms with Gasteiger partial charge in [-0.05, 0) is 28.0 Å². The van der Waals surface area contributed by atoms with Crippen LogP contribution in [0.1, 0.15) is 33.3 Å². The van der Waals surface area contributed by atoms with Crippen LogP contribution in [0.2, 0.25) is 0 Å². The van der Waals surface area contributed by atoms with Crippen molar-refractivity contribution >= 4 is 0 Å². The number of benzene rings is 2. The highest BCUT2D eigenvalue weighted by atomic mass is 14.9. The summed E-state index contributed by atoms with van der Waals surface area (Å²) in [6, 6.07) is 19.4. The van der Waals surface area contributed by atoms with Crippen LogP contribution in [0.3, 0.4) is 0 Å². The number of hydrogen-bond donors (Lipinski definition) is 1. The van der Waals surface area contributed by atoms with E-state index in [1.54, 1.807) is 0 Å². The smallest absolute Gasteiger partial charge is 0.0205 e. The molecule has 0 aliphatic rings. The number of nitrogens with one attached hydrogen (secondary N) is 1. The molecule has 2 aromatic rings. The molecule has 0 amide bonds. The molecule has 0 radical (unpaired) electrons. The second kappa shape index (κ2) is 6.91. The van der Waals surface area contributed by atoms with E-state index in [0.717, 1.165) is 13.1 Å². The third-order valence-corrected chi connectivity index (χ3v) is 4.53. The standard InChI is InChI=1S/C20H27N/c1-16(2)20(3,4)15-21-14-17-10-12-19(13-11-17)18-8-6-5-7-9-18/h5-13,16,21H,14-15H2,1-4H3. The van der Waals surface area contributed by atoms with Crippen LogP contribution in [0.25, 0.3) is 11.1 Å². The maximum atomic E-state index is 3.58. The van der Waals surface area contributed by atoms with Crippen molar-refractivity contribution in [2.24, 2.45) is 11.3 Å². The summed E-state index contributed by atoms with van der Waals surface area (Å²) in [5, 5.41) is 3.58. The molecule has 0 aromatic heterocycles.